The Bertz CT molecular complexity index is 987. The molecule has 1 heterocycles. The van der Waals surface area contributed by atoms with Gasteiger partial charge < -0.3 is 14.3 Å². The first-order valence-electron chi connectivity index (χ1n) is 10.8. The molecule has 34 heavy (non-hydrogen) atoms. The van der Waals surface area contributed by atoms with Gasteiger partial charge in [-0.25, -0.2) is 4.79 Å². The zero-order chi connectivity index (χ0) is 24.2. The van der Waals surface area contributed by atoms with Crippen molar-refractivity contribution >= 4 is 39.6 Å². The number of hydrogen-bond acceptors (Lipinski definition) is 9. The van der Waals surface area contributed by atoms with Crippen LogP contribution in [0.15, 0.2) is 54.6 Å². The lowest BCUT2D eigenvalue weighted by atomic mass is 10.1. The summed E-state index contributed by atoms with van der Waals surface area (Å²) in [5.74, 6) is 1.19. The van der Waals surface area contributed by atoms with E-state index >= 15 is 0 Å². The van der Waals surface area contributed by atoms with Crippen LogP contribution in [0.2, 0.25) is 0 Å². The second-order valence-corrected chi connectivity index (χ2v) is 10.3. The number of benzene rings is 2. The molecule has 180 valence electrons. The highest BCUT2D eigenvalue weighted by atomic mass is 33.1. The summed E-state index contributed by atoms with van der Waals surface area (Å²) in [4.78, 5) is 38.5. The van der Waals surface area contributed by atoms with Crippen molar-refractivity contribution in [2.75, 3.05) is 5.75 Å². The lowest BCUT2D eigenvalue weighted by Gasteiger charge is -2.07. The minimum Gasteiger partial charge on any atom is -0.427 e. The third-order valence-electron chi connectivity index (χ3n) is 4.89. The monoisotopic (exact) mass is 503 g/mol. The van der Waals surface area contributed by atoms with Crippen LogP contribution in [0.3, 0.4) is 0 Å². The summed E-state index contributed by atoms with van der Waals surface area (Å²) in [7, 11) is 3.89. The van der Waals surface area contributed by atoms with E-state index in [9.17, 15) is 19.7 Å². The van der Waals surface area contributed by atoms with Gasteiger partial charge in [0.25, 0.3) is 5.09 Å². The van der Waals surface area contributed by atoms with Gasteiger partial charge in [0, 0.05) is 23.5 Å². The molecule has 0 aromatic heterocycles. The molecule has 10 heteroatoms. The largest absolute Gasteiger partial charge is 0.427 e. The van der Waals surface area contributed by atoms with Gasteiger partial charge in [-0.05, 0) is 60.7 Å². The number of nitrogens with zero attached hydrogens (tertiary/aromatic N) is 1. The van der Waals surface area contributed by atoms with Crippen molar-refractivity contribution < 1.29 is 29.0 Å². The molecule has 0 amide bonds. The molecule has 0 N–H and O–H groups in total. The highest BCUT2D eigenvalue weighted by molar-refractivity contribution is 8.77. The standard InChI is InChI=1S/C24H25NO7S2/c26-23(4-2-1-3-22-15-16-33-34-22)31-20-10-5-18(6-11-20)9-14-24(27)32-21-12-7-19(8-13-21)17-30-25(28)29/h5-14,22H,1-4,15-17H2/t22-/m1/s1. The summed E-state index contributed by atoms with van der Waals surface area (Å²) in [5.41, 5.74) is 1.33. The minimum atomic E-state index is -0.868. The van der Waals surface area contributed by atoms with Gasteiger partial charge in [-0.3, -0.25) is 4.79 Å². The van der Waals surface area contributed by atoms with Gasteiger partial charge in [0.15, 0.2) is 0 Å². The first kappa shape index (κ1) is 25.6. The molecule has 2 aromatic carbocycles. The summed E-state index contributed by atoms with van der Waals surface area (Å²) in [6.45, 7) is -0.175. The molecule has 0 saturated carbocycles. The Kier molecular flexibility index (Phi) is 10.3. The van der Waals surface area contributed by atoms with Crippen LogP contribution in [0, 0.1) is 10.1 Å². The summed E-state index contributed by atoms with van der Waals surface area (Å²) in [6, 6.07) is 13.0. The van der Waals surface area contributed by atoms with Crippen molar-refractivity contribution in [1.82, 2.24) is 0 Å². The molecule has 0 bridgehead atoms. The van der Waals surface area contributed by atoms with E-state index in [1.165, 1.54) is 30.4 Å². The Balaban J connectivity index is 1.37. The zero-order valence-electron chi connectivity index (χ0n) is 18.4. The van der Waals surface area contributed by atoms with Gasteiger partial charge in [0.2, 0.25) is 0 Å². The van der Waals surface area contributed by atoms with Gasteiger partial charge in [0.1, 0.15) is 18.1 Å². The zero-order valence-corrected chi connectivity index (χ0v) is 20.1. The molecule has 1 aliphatic rings. The lowest BCUT2D eigenvalue weighted by Crippen LogP contribution is -2.08. The minimum absolute atomic E-state index is 0.175. The third-order valence-corrected chi connectivity index (χ3v) is 7.89. The molecule has 1 saturated heterocycles. The first-order chi connectivity index (χ1) is 16.5. The Morgan fingerprint density at radius 1 is 1.03 bits per heavy atom. The van der Waals surface area contributed by atoms with Crippen LogP contribution in [0.1, 0.15) is 43.2 Å². The molecule has 0 spiro atoms. The quantitative estimate of drug-likeness (QED) is 0.0692. The molecule has 1 aliphatic heterocycles. The first-order valence-corrected chi connectivity index (χ1v) is 13.2. The number of unbranched alkanes of at least 4 members (excludes halogenated alkanes) is 1. The average molecular weight is 504 g/mol. The van der Waals surface area contributed by atoms with Crippen molar-refractivity contribution in [3.63, 3.8) is 0 Å². The van der Waals surface area contributed by atoms with E-state index in [4.69, 9.17) is 9.47 Å². The van der Waals surface area contributed by atoms with Gasteiger partial charge in [-0.2, -0.15) is 0 Å². The average Bonchev–Trinajstić information content (AvgIpc) is 3.35. The van der Waals surface area contributed by atoms with Gasteiger partial charge in [-0.1, -0.05) is 52.3 Å². The fourth-order valence-corrected chi connectivity index (χ4v) is 6.16. The molecule has 1 fully saturated rings. The third kappa shape index (κ3) is 9.48. The van der Waals surface area contributed by atoms with E-state index in [-0.39, 0.29) is 12.6 Å². The molecule has 0 unspecified atom stereocenters. The number of hydrogen-bond donors (Lipinski definition) is 0. The maximum atomic E-state index is 12.0. The van der Waals surface area contributed by atoms with E-state index in [2.05, 4.69) is 4.84 Å². The SMILES string of the molecule is O=C(C=Cc1ccc(OC(=O)CCCC[C@@H]2CCSS2)cc1)Oc1ccc(CO[N+](=O)[O-])cc1. The second-order valence-electron chi connectivity index (χ2n) is 7.51. The number of ether oxygens (including phenoxy) is 2. The van der Waals surface area contributed by atoms with Crippen LogP contribution in [-0.2, 0) is 21.0 Å². The molecule has 0 radical (unpaired) electrons. The maximum Gasteiger partial charge on any atom is 0.336 e. The molecular weight excluding hydrogens is 478 g/mol. The fourth-order valence-electron chi connectivity index (χ4n) is 3.13. The van der Waals surface area contributed by atoms with Crippen LogP contribution >= 0.6 is 21.6 Å². The topological polar surface area (TPSA) is 105 Å². The Hall–Kier alpha value is -2.98. The van der Waals surface area contributed by atoms with E-state index in [1.54, 1.807) is 42.5 Å². The normalized spacial score (nSPS) is 15.2. The molecule has 8 nitrogen and oxygen atoms in total. The van der Waals surface area contributed by atoms with Crippen LogP contribution in [0.5, 0.6) is 11.5 Å². The molecular formula is C24H25NO7S2. The Labute approximate surface area is 205 Å². The Morgan fingerprint density at radius 3 is 2.41 bits per heavy atom. The van der Waals surface area contributed by atoms with Gasteiger partial charge in [-0.15, -0.1) is 10.1 Å². The number of rotatable bonds is 12. The van der Waals surface area contributed by atoms with Crippen LogP contribution < -0.4 is 9.47 Å². The van der Waals surface area contributed by atoms with Gasteiger partial charge in [0.05, 0.1) is 0 Å². The van der Waals surface area contributed by atoms with E-state index in [1.807, 2.05) is 21.6 Å². The fraction of sp³-hybridized carbons (Fsp3) is 0.333. The molecule has 1 atom stereocenters. The molecule has 3 rings (SSSR count). The van der Waals surface area contributed by atoms with Crippen molar-refractivity contribution in [2.24, 2.45) is 0 Å². The summed E-state index contributed by atoms with van der Waals surface area (Å²) in [6.07, 6.45) is 7.56. The smallest absolute Gasteiger partial charge is 0.336 e. The summed E-state index contributed by atoms with van der Waals surface area (Å²) in [5, 5.41) is 10.1. The molecule has 0 aliphatic carbocycles. The summed E-state index contributed by atoms with van der Waals surface area (Å²) < 4.78 is 10.6. The van der Waals surface area contributed by atoms with Crippen molar-refractivity contribution in [2.45, 2.75) is 44.0 Å². The van der Waals surface area contributed by atoms with E-state index in [0.717, 1.165) is 30.1 Å². The highest BCUT2D eigenvalue weighted by Gasteiger charge is 2.16. The summed E-state index contributed by atoms with van der Waals surface area (Å²) >= 11 is 0. The second kappa shape index (κ2) is 13.7. The lowest BCUT2D eigenvalue weighted by molar-refractivity contribution is -0.763. The van der Waals surface area contributed by atoms with Crippen molar-refractivity contribution in [1.29, 1.82) is 0 Å². The van der Waals surface area contributed by atoms with Crippen LogP contribution in [0.25, 0.3) is 6.08 Å². The van der Waals surface area contributed by atoms with Gasteiger partial charge >= 0.3 is 11.9 Å². The van der Waals surface area contributed by atoms with E-state index < -0.39 is 11.1 Å². The number of carbonyl (C=O) groups excluding carboxylic acids is 2. The van der Waals surface area contributed by atoms with Crippen LogP contribution in [0.4, 0.5) is 0 Å². The van der Waals surface area contributed by atoms with E-state index in [0.29, 0.717) is 23.5 Å². The number of carbonyl (C=O) groups is 2. The van der Waals surface area contributed by atoms with Crippen molar-refractivity contribution in [3.8, 4) is 11.5 Å². The molecule has 2 aromatic rings. The Morgan fingerprint density at radius 2 is 1.74 bits per heavy atom. The highest BCUT2D eigenvalue weighted by Crippen LogP contribution is 2.39. The van der Waals surface area contributed by atoms with Crippen molar-refractivity contribution in [3.05, 3.63) is 75.8 Å². The predicted molar refractivity (Wildman–Crippen MR) is 132 cm³/mol. The maximum absolute atomic E-state index is 12.0. The predicted octanol–water partition coefficient (Wildman–Crippen LogP) is 5.63. The number of esters is 2. The van der Waals surface area contributed by atoms with Crippen LogP contribution in [-0.4, -0.2) is 28.0 Å².